The number of nitrogens with zero attached hydrogens (tertiary/aromatic N) is 2. The number of amides is 1. The number of thiazole rings is 1. The van der Waals surface area contributed by atoms with Crippen molar-refractivity contribution in [1.82, 2.24) is 15.3 Å². The maximum absolute atomic E-state index is 12.8. The first-order valence-electron chi connectivity index (χ1n) is 4.96. The van der Waals surface area contributed by atoms with Gasteiger partial charge < -0.3 is 5.32 Å². The van der Waals surface area contributed by atoms with Crippen molar-refractivity contribution in [2.75, 3.05) is 0 Å². The van der Waals surface area contributed by atoms with Crippen LogP contribution in [0.1, 0.15) is 21.1 Å². The molecule has 0 saturated heterocycles. The van der Waals surface area contributed by atoms with Crippen molar-refractivity contribution in [3.63, 3.8) is 0 Å². The average Bonchev–Trinajstić information content (AvgIpc) is 2.72. The molecule has 17 heavy (non-hydrogen) atoms. The molecule has 1 amide bonds. The third-order valence-corrected chi connectivity index (χ3v) is 2.91. The second-order valence-corrected chi connectivity index (χ2v) is 4.47. The van der Waals surface area contributed by atoms with Crippen molar-refractivity contribution in [2.45, 2.75) is 13.5 Å². The van der Waals surface area contributed by atoms with Gasteiger partial charge in [-0.3, -0.25) is 4.79 Å². The van der Waals surface area contributed by atoms with Crippen LogP contribution in [0.5, 0.6) is 0 Å². The molecule has 2 heterocycles. The van der Waals surface area contributed by atoms with E-state index in [1.165, 1.54) is 23.6 Å². The Balaban J connectivity index is 1.98. The number of nitrogens with one attached hydrogen (secondary N) is 1. The molecule has 0 bridgehead atoms. The largest absolute Gasteiger partial charge is 0.346 e. The number of carbonyl (C=O) groups is 1. The Hall–Kier alpha value is -1.82. The maximum Gasteiger partial charge on any atom is 0.251 e. The van der Waals surface area contributed by atoms with Crippen LogP contribution in [0, 0.1) is 12.9 Å². The van der Waals surface area contributed by atoms with Gasteiger partial charge in [-0.15, -0.1) is 11.3 Å². The molecule has 0 fully saturated rings. The molecule has 0 spiro atoms. The van der Waals surface area contributed by atoms with Crippen molar-refractivity contribution in [2.24, 2.45) is 0 Å². The standard InChI is InChI=1S/C11H10FN3OS/c1-7-15-9(6-17-7)5-14-11(16)8-2-3-13-10(12)4-8/h2-4,6H,5H2,1H3,(H,14,16). The number of halogens is 1. The second-order valence-electron chi connectivity index (χ2n) is 3.41. The molecule has 6 heteroatoms. The molecular formula is C11H10FN3OS. The Morgan fingerprint density at radius 2 is 2.41 bits per heavy atom. The summed E-state index contributed by atoms with van der Waals surface area (Å²) in [5.41, 5.74) is 1.06. The summed E-state index contributed by atoms with van der Waals surface area (Å²) in [5.74, 6) is -1.00. The lowest BCUT2D eigenvalue weighted by Crippen LogP contribution is -2.23. The monoisotopic (exact) mass is 251 g/mol. The van der Waals surface area contributed by atoms with Gasteiger partial charge in [0.05, 0.1) is 17.2 Å². The van der Waals surface area contributed by atoms with E-state index in [4.69, 9.17) is 0 Å². The lowest BCUT2D eigenvalue weighted by atomic mass is 10.2. The Labute approximate surface area is 102 Å². The molecule has 0 atom stereocenters. The minimum atomic E-state index is -0.665. The molecule has 0 unspecified atom stereocenters. The zero-order valence-corrected chi connectivity index (χ0v) is 9.92. The molecule has 0 aliphatic rings. The summed E-state index contributed by atoms with van der Waals surface area (Å²) in [4.78, 5) is 19.2. The van der Waals surface area contributed by atoms with Crippen LogP contribution < -0.4 is 5.32 Å². The summed E-state index contributed by atoms with van der Waals surface area (Å²) in [6.07, 6.45) is 1.26. The molecule has 0 radical (unpaired) electrons. The van der Waals surface area contributed by atoms with Gasteiger partial charge in [-0.1, -0.05) is 0 Å². The van der Waals surface area contributed by atoms with Crippen LogP contribution in [0.2, 0.25) is 0 Å². The number of aromatic nitrogens is 2. The minimum Gasteiger partial charge on any atom is -0.346 e. The molecule has 2 rings (SSSR count). The SMILES string of the molecule is Cc1nc(CNC(=O)c2ccnc(F)c2)cs1. The summed E-state index contributed by atoms with van der Waals surface area (Å²) in [6, 6.07) is 2.56. The zero-order chi connectivity index (χ0) is 12.3. The van der Waals surface area contributed by atoms with E-state index >= 15 is 0 Å². The summed E-state index contributed by atoms with van der Waals surface area (Å²) in [5, 5.41) is 5.49. The second kappa shape index (κ2) is 5.01. The lowest BCUT2D eigenvalue weighted by Gasteiger charge is -2.02. The van der Waals surface area contributed by atoms with Crippen LogP contribution >= 0.6 is 11.3 Å². The number of aryl methyl sites for hydroxylation is 1. The Bertz CT molecular complexity index is 541. The fourth-order valence-corrected chi connectivity index (χ4v) is 1.92. The predicted octanol–water partition coefficient (Wildman–Crippen LogP) is 1.92. The fraction of sp³-hybridized carbons (Fsp3) is 0.182. The normalized spacial score (nSPS) is 10.2. The van der Waals surface area contributed by atoms with Gasteiger partial charge in [-0.05, 0) is 13.0 Å². The summed E-state index contributed by atoms with van der Waals surface area (Å²) >= 11 is 1.52. The van der Waals surface area contributed by atoms with Crippen molar-refractivity contribution >= 4 is 17.2 Å². The fourth-order valence-electron chi connectivity index (χ4n) is 1.31. The van der Waals surface area contributed by atoms with Crippen LogP contribution in [0.4, 0.5) is 4.39 Å². The summed E-state index contributed by atoms with van der Waals surface area (Å²) in [6.45, 7) is 2.24. The molecule has 88 valence electrons. The number of pyridine rings is 1. The molecule has 0 aromatic carbocycles. The summed E-state index contributed by atoms with van der Waals surface area (Å²) in [7, 11) is 0. The Kier molecular flexibility index (Phi) is 3.43. The van der Waals surface area contributed by atoms with E-state index in [9.17, 15) is 9.18 Å². The molecule has 0 aliphatic heterocycles. The van der Waals surface area contributed by atoms with E-state index in [2.05, 4.69) is 15.3 Å². The van der Waals surface area contributed by atoms with Crippen LogP contribution in [0.25, 0.3) is 0 Å². The van der Waals surface area contributed by atoms with Crippen molar-refractivity contribution in [3.05, 3.63) is 45.9 Å². The first kappa shape index (κ1) is 11.7. The van der Waals surface area contributed by atoms with Gasteiger partial charge >= 0.3 is 0 Å². The van der Waals surface area contributed by atoms with Gasteiger partial charge in [0.1, 0.15) is 0 Å². The molecule has 0 aliphatic carbocycles. The molecule has 2 aromatic heterocycles. The van der Waals surface area contributed by atoms with E-state index in [1.807, 2.05) is 12.3 Å². The number of rotatable bonds is 3. The van der Waals surface area contributed by atoms with Crippen LogP contribution in [-0.4, -0.2) is 15.9 Å². The topological polar surface area (TPSA) is 54.9 Å². The van der Waals surface area contributed by atoms with E-state index in [1.54, 1.807) is 0 Å². The molecule has 0 saturated carbocycles. The van der Waals surface area contributed by atoms with Gasteiger partial charge in [-0.2, -0.15) is 4.39 Å². The van der Waals surface area contributed by atoms with Gasteiger partial charge in [-0.25, -0.2) is 9.97 Å². The quantitative estimate of drug-likeness (QED) is 0.848. The van der Waals surface area contributed by atoms with Crippen molar-refractivity contribution < 1.29 is 9.18 Å². The third-order valence-electron chi connectivity index (χ3n) is 2.09. The average molecular weight is 251 g/mol. The molecule has 1 N–H and O–H groups in total. The van der Waals surface area contributed by atoms with Gasteiger partial charge in [0.15, 0.2) is 0 Å². The van der Waals surface area contributed by atoms with Gasteiger partial charge in [0.25, 0.3) is 5.91 Å². The Morgan fingerprint density at radius 1 is 1.59 bits per heavy atom. The van der Waals surface area contributed by atoms with E-state index in [0.717, 1.165) is 16.8 Å². The third kappa shape index (κ3) is 3.07. The summed E-state index contributed by atoms with van der Waals surface area (Å²) < 4.78 is 12.8. The smallest absolute Gasteiger partial charge is 0.251 e. The maximum atomic E-state index is 12.8. The Morgan fingerprint density at radius 3 is 3.06 bits per heavy atom. The zero-order valence-electron chi connectivity index (χ0n) is 9.11. The number of carbonyl (C=O) groups excluding carboxylic acids is 1. The first-order valence-corrected chi connectivity index (χ1v) is 5.84. The van der Waals surface area contributed by atoms with Crippen LogP contribution in [0.3, 0.4) is 0 Å². The highest BCUT2D eigenvalue weighted by atomic mass is 32.1. The highest BCUT2D eigenvalue weighted by Crippen LogP contribution is 2.08. The molecule has 4 nitrogen and oxygen atoms in total. The van der Waals surface area contributed by atoms with E-state index in [-0.39, 0.29) is 11.5 Å². The van der Waals surface area contributed by atoms with Gasteiger partial charge in [0, 0.05) is 23.2 Å². The van der Waals surface area contributed by atoms with Crippen LogP contribution in [0.15, 0.2) is 23.7 Å². The molecular weight excluding hydrogens is 241 g/mol. The lowest BCUT2D eigenvalue weighted by molar-refractivity contribution is 0.0950. The first-order chi connectivity index (χ1) is 8.15. The van der Waals surface area contributed by atoms with E-state index < -0.39 is 5.95 Å². The molecule has 2 aromatic rings. The number of hydrogen-bond donors (Lipinski definition) is 1. The highest BCUT2D eigenvalue weighted by molar-refractivity contribution is 7.09. The number of hydrogen-bond acceptors (Lipinski definition) is 4. The van der Waals surface area contributed by atoms with Gasteiger partial charge in [0.2, 0.25) is 5.95 Å². The highest BCUT2D eigenvalue weighted by Gasteiger charge is 2.07. The van der Waals surface area contributed by atoms with E-state index in [0.29, 0.717) is 6.54 Å². The van der Waals surface area contributed by atoms with Crippen molar-refractivity contribution in [1.29, 1.82) is 0 Å². The minimum absolute atomic E-state index is 0.254. The predicted molar refractivity (Wildman–Crippen MR) is 62.2 cm³/mol. The van der Waals surface area contributed by atoms with Crippen LogP contribution in [-0.2, 0) is 6.54 Å². The van der Waals surface area contributed by atoms with Crippen molar-refractivity contribution in [3.8, 4) is 0 Å².